The molecule has 15 heteroatoms. The number of benzene rings is 2. The van der Waals surface area contributed by atoms with Gasteiger partial charge in [0.05, 0.1) is 22.1 Å². The number of halogens is 4. The number of nitrogens with two attached hydrogens (primary N) is 1. The van der Waals surface area contributed by atoms with Gasteiger partial charge in [0.2, 0.25) is 5.75 Å². The molecule has 2 aromatic rings. The Bertz CT molecular complexity index is 1090. The molecule has 0 saturated heterocycles. The zero-order valence-corrected chi connectivity index (χ0v) is 20.1. The number of carboxylic acid groups (broad SMARTS) is 1. The molecular weight excluding hydrogens is 520 g/mol. The highest BCUT2D eigenvalue weighted by molar-refractivity contribution is 7.57. The monoisotopic (exact) mass is 542 g/mol. The van der Waals surface area contributed by atoms with Crippen LogP contribution in [-0.4, -0.2) is 46.4 Å². The molecular formula is C20H23ClF3N2O8P. The van der Waals surface area contributed by atoms with Crippen LogP contribution in [0.3, 0.4) is 0 Å². The molecule has 0 fully saturated rings. The Morgan fingerprint density at radius 2 is 1.89 bits per heavy atom. The number of rotatable bonds is 9. The molecule has 10 nitrogen and oxygen atoms in total. The lowest BCUT2D eigenvalue weighted by molar-refractivity contribution is -0.385. The van der Waals surface area contributed by atoms with E-state index < -0.39 is 36.0 Å². The Hall–Kier alpha value is -2.86. The van der Waals surface area contributed by atoms with E-state index >= 15 is 0 Å². The maximum atomic E-state index is 12.6. The van der Waals surface area contributed by atoms with Gasteiger partial charge in [-0.25, -0.2) is 0 Å². The summed E-state index contributed by atoms with van der Waals surface area (Å²) in [5.41, 5.74) is 3.94. The number of hydrogen-bond acceptors (Lipinski definition) is 7. The number of aliphatic carboxylic acids is 1. The molecule has 0 aliphatic heterocycles. The van der Waals surface area contributed by atoms with Gasteiger partial charge in [-0.1, -0.05) is 11.6 Å². The predicted molar refractivity (Wildman–Crippen MR) is 122 cm³/mol. The van der Waals surface area contributed by atoms with Crippen LogP contribution in [0.25, 0.3) is 0 Å². The van der Waals surface area contributed by atoms with Crippen molar-refractivity contribution >= 4 is 30.6 Å². The fourth-order valence-corrected chi connectivity index (χ4v) is 3.35. The summed E-state index contributed by atoms with van der Waals surface area (Å²) in [6.07, 6.45) is -4.52. The number of nitro benzene ring substituents is 1. The number of ether oxygens (including phenoxy) is 2. The van der Waals surface area contributed by atoms with E-state index in [1.54, 1.807) is 6.92 Å². The van der Waals surface area contributed by atoms with E-state index in [2.05, 4.69) is 0 Å². The Morgan fingerprint density at radius 3 is 2.34 bits per heavy atom. The smallest absolute Gasteiger partial charge is 0.416 e. The van der Waals surface area contributed by atoms with Crippen molar-refractivity contribution < 1.29 is 46.9 Å². The van der Waals surface area contributed by atoms with Crippen molar-refractivity contribution in [3.63, 3.8) is 0 Å². The van der Waals surface area contributed by atoms with Gasteiger partial charge in [0.15, 0.2) is 7.37 Å². The van der Waals surface area contributed by atoms with Gasteiger partial charge in [0, 0.05) is 25.0 Å². The largest absolute Gasteiger partial charge is 0.487 e. The topological polar surface area (TPSA) is 162 Å². The van der Waals surface area contributed by atoms with Crippen molar-refractivity contribution in [2.24, 2.45) is 5.73 Å². The quantitative estimate of drug-likeness (QED) is 0.221. The standard InChI is InChI=1S/C15H11ClF3NO4.C5H12NO4P/c1-2-23-14-8-10(4-5-12(14)20(21)22)24-13-6-3-9(7-11(13)16)15(17,18)19;1-11(9,10)3-2-4(6)5(7)8/h3-8H,2H2,1H3;4H,2-3,6H2,1H3,(H,7,8)(H,9,10). The Morgan fingerprint density at radius 1 is 1.26 bits per heavy atom. The lowest BCUT2D eigenvalue weighted by Crippen LogP contribution is -2.30. The van der Waals surface area contributed by atoms with Crippen molar-refractivity contribution in [3.05, 3.63) is 57.1 Å². The minimum Gasteiger partial charge on any atom is -0.487 e. The van der Waals surface area contributed by atoms with Crippen molar-refractivity contribution in [1.82, 2.24) is 0 Å². The predicted octanol–water partition coefficient (Wildman–Crippen LogP) is 5.15. The molecule has 0 heterocycles. The highest BCUT2D eigenvalue weighted by Crippen LogP contribution is 2.38. The van der Waals surface area contributed by atoms with Crippen LogP contribution in [0.5, 0.6) is 17.2 Å². The molecule has 2 unspecified atom stereocenters. The number of carboxylic acids is 1. The van der Waals surface area contributed by atoms with Gasteiger partial charge in [-0.2, -0.15) is 13.2 Å². The third-order valence-corrected chi connectivity index (χ3v) is 5.47. The molecule has 194 valence electrons. The van der Waals surface area contributed by atoms with E-state index in [9.17, 15) is 32.6 Å². The Balaban J connectivity index is 0.000000471. The fourth-order valence-electron chi connectivity index (χ4n) is 2.37. The molecule has 0 saturated carbocycles. The van der Waals surface area contributed by atoms with Crippen molar-refractivity contribution in [2.45, 2.75) is 25.6 Å². The molecule has 2 rings (SSSR count). The number of nitro groups is 1. The molecule has 0 radical (unpaired) electrons. The lowest BCUT2D eigenvalue weighted by atomic mass is 10.2. The van der Waals surface area contributed by atoms with Crippen LogP contribution in [0.2, 0.25) is 5.02 Å². The molecule has 2 atom stereocenters. The molecule has 4 N–H and O–H groups in total. The Labute approximate surface area is 203 Å². The summed E-state index contributed by atoms with van der Waals surface area (Å²) in [7, 11) is -3.10. The minimum atomic E-state index is -4.52. The third-order valence-electron chi connectivity index (χ3n) is 4.09. The highest BCUT2D eigenvalue weighted by Gasteiger charge is 2.31. The summed E-state index contributed by atoms with van der Waals surface area (Å²) in [5, 5.41) is 19.0. The van der Waals surface area contributed by atoms with Gasteiger partial charge >= 0.3 is 17.8 Å². The summed E-state index contributed by atoms with van der Waals surface area (Å²) in [5.74, 6) is -1.02. The molecule has 0 spiro atoms. The zero-order valence-electron chi connectivity index (χ0n) is 18.5. The van der Waals surface area contributed by atoms with E-state index in [-0.39, 0.29) is 47.1 Å². The fraction of sp³-hybridized carbons (Fsp3) is 0.350. The highest BCUT2D eigenvalue weighted by atomic mass is 35.5. The van der Waals surface area contributed by atoms with Crippen LogP contribution in [0, 0.1) is 10.1 Å². The molecule has 0 amide bonds. The number of carbonyl (C=O) groups is 1. The first-order valence-electron chi connectivity index (χ1n) is 9.78. The van der Waals surface area contributed by atoms with Gasteiger partial charge < -0.3 is 25.2 Å². The first-order valence-corrected chi connectivity index (χ1v) is 12.5. The summed E-state index contributed by atoms with van der Waals surface area (Å²) < 4.78 is 59.0. The second kappa shape index (κ2) is 12.7. The van der Waals surface area contributed by atoms with Gasteiger partial charge in [-0.3, -0.25) is 19.5 Å². The average Bonchev–Trinajstić information content (AvgIpc) is 2.72. The summed E-state index contributed by atoms with van der Waals surface area (Å²) in [6.45, 7) is 3.04. The molecule has 35 heavy (non-hydrogen) atoms. The number of alkyl halides is 3. The van der Waals surface area contributed by atoms with E-state index in [0.29, 0.717) is 0 Å². The second-order valence-corrected chi connectivity index (χ2v) is 10.0. The Kier molecular flexibility index (Phi) is 11.0. The van der Waals surface area contributed by atoms with Crippen LogP contribution in [0.1, 0.15) is 18.9 Å². The maximum Gasteiger partial charge on any atom is 0.416 e. The first-order chi connectivity index (χ1) is 16.0. The molecule has 0 aromatic heterocycles. The zero-order chi connectivity index (χ0) is 27.0. The summed E-state index contributed by atoms with van der Waals surface area (Å²) >= 11 is 5.80. The lowest BCUT2D eigenvalue weighted by Gasteiger charge is -2.12. The van der Waals surface area contributed by atoms with Crippen molar-refractivity contribution in [3.8, 4) is 17.2 Å². The van der Waals surface area contributed by atoms with E-state index in [1.807, 2.05) is 0 Å². The second-order valence-electron chi connectivity index (χ2n) is 7.07. The van der Waals surface area contributed by atoms with Crippen LogP contribution in [0.4, 0.5) is 18.9 Å². The number of nitrogens with zero attached hydrogens (tertiary/aromatic N) is 1. The van der Waals surface area contributed by atoms with E-state index in [1.165, 1.54) is 24.9 Å². The molecule has 0 aliphatic carbocycles. The van der Waals surface area contributed by atoms with Gasteiger partial charge in [-0.05, 0) is 37.6 Å². The summed E-state index contributed by atoms with van der Waals surface area (Å²) in [6, 6.07) is 5.37. The first kappa shape index (κ1) is 30.2. The van der Waals surface area contributed by atoms with Gasteiger partial charge in [0.1, 0.15) is 17.5 Å². The minimum absolute atomic E-state index is 0.0111. The third kappa shape index (κ3) is 10.5. The SMILES string of the molecule is CCOc1cc(Oc2ccc(C(F)(F)F)cc2Cl)ccc1[N+](=O)[O-].CP(=O)(O)CCC(N)C(=O)O. The van der Waals surface area contributed by atoms with Crippen LogP contribution in [-0.2, 0) is 15.5 Å². The van der Waals surface area contributed by atoms with Gasteiger partial charge in [0.25, 0.3) is 0 Å². The van der Waals surface area contributed by atoms with E-state index in [4.69, 9.17) is 36.8 Å². The normalized spacial score (nSPS) is 13.6. The van der Waals surface area contributed by atoms with Crippen molar-refractivity contribution in [2.75, 3.05) is 19.4 Å². The van der Waals surface area contributed by atoms with Crippen LogP contribution in [0.15, 0.2) is 36.4 Å². The molecule has 0 bridgehead atoms. The summed E-state index contributed by atoms with van der Waals surface area (Å²) in [4.78, 5) is 29.2. The molecule has 2 aromatic carbocycles. The molecule has 0 aliphatic rings. The van der Waals surface area contributed by atoms with Gasteiger partial charge in [-0.15, -0.1) is 0 Å². The van der Waals surface area contributed by atoms with Crippen LogP contribution < -0.4 is 15.2 Å². The average molecular weight is 543 g/mol. The van der Waals surface area contributed by atoms with Crippen molar-refractivity contribution in [1.29, 1.82) is 0 Å². The maximum absolute atomic E-state index is 12.6. The number of hydrogen-bond donors (Lipinski definition) is 3. The van der Waals surface area contributed by atoms with Crippen LogP contribution >= 0.6 is 19.0 Å². The van der Waals surface area contributed by atoms with E-state index in [0.717, 1.165) is 18.2 Å².